The van der Waals surface area contributed by atoms with E-state index in [1.807, 2.05) is 62.4 Å². The summed E-state index contributed by atoms with van der Waals surface area (Å²) in [7, 11) is 0. The summed E-state index contributed by atoms with van der Waals surface area (Å²) in [5.41, 5.74) is 9.87. The van der Waals surface area contributed by atoms with Crippen LogP contribution in [0.5, 0.6) is 0 Å². The highest BCUT2D eigenvalue weighted by Gasteiger charge is 2.34. The molecule has 2 aromatic heterocycles. The fourth-order valence-electron chi connectivity index (χ4n) is 8.21. The van der Waals surface area contributed by atoms with E-state index in [1.165, 1.54) is 0 Å². The van der Waals surface area contributed by atoms with Crippen LogP contribution in [0.1, 0.15) is 52.9 Å². The Balaban J connectivity index is 1.48. The van der Waals surface area contributed by atoms with E-state index in [1.54, 1.807) is 10.5 Å². The minimum atomic E-state index is -0.488. The Morgan fingerprint density at radius 3 is 2.38 bits per heavy atom. The second kappa shape index (κ2) is 10.5. The second-order valence-electron chi connectivity index (χ2n) is 13.1. The summed E-state index contributed by atoms with van der Waals surface area (Å²) in [6.45, 7) is 14.9. The van der Waals surface area contributed by atoms with Gasteiger partial charge in [0.25, 0.3) is 17.4 Å². The lowest BCUT2D eigenvalue weighted by molar-refractivity contribution is -0.114. The fraction of sp³-hybridized carbons (Fsp3) is 0.0909. The minimum absolute atomic E-state index is 0.104. The van der Waals surface area contributed by atoms with Crippen molar-refractivity contribution in [2.45, 2.75) is 27.2 Å². The second-order valence-corrected chi connectivity index (χ2v) is 13.1. The largest absolute Gasteiger partial charge is 0.288 e. The molecule has 4 bridgehead atoms. The molecule has 50 heavy (non-hydrogen) atoms. The van der Waals surface area contributed by atoms with Gasteiger partial charge < -0.3 is 0 Å². The van der Waals surface area contributed by atoms with Gasteiger partial charge in [-0.05, 0) is 129 Å². The van der Waals surface area contributed by atoms with Crippen LogP contribution in [0, 0.1) is 6.92 Å². The summed E-state index contributed by atoms with van der Waals surface area (Å²) in [6.07, 6.45) is 9.03. The Morgan fingerprint density at radius 2 is 1.58 bits per heavy atom. The van der Waals surface area contributed by atoms with Gasteiger partial charge in [0.15, 0.2) is 0 Å². The van der Waals surface area contributed by atoms with Crippen LogP contribution < -0.4 is 26.5 Å². The van der Waals surface area contributed by atoms with Gasteiger partial charge in [-0.15, -0.1) is 0 Å². The zero-order valence-corrected chi connectivity index (χ0v) is 27.9. The predicted octanol–water partition coefficient (Wildman–Crippen LogP) is 6.22. The molecule has 9 rings (SSSR count). The number of rotatable bonds is 0. The van der Waals surface area contributed by atoms with Crippen molar-refractivity contribution in [2.24, 2.45) is 0 Å². The smallest absolute Gasteiger partial charge is 0.264 e. The van der Waals surface area contributed by atoms with Crippen molar-refractivity contribution in [3.63, 3.8) is 0 Å². The molecule has 0 atom stereocenters. The number of nitrogens with zero attached hydrogens (tertiary/aromatic N) is 2. The van der Waals surface area contributed by atoms with Crippen molar-refractivity contribution in [2.75, 3.05) is 0 Å². The van der Waals surface area contributed by atoms with Gasteiger partial charge in [0.05, 0.1) is 11.0 Å². The van der Waals surface area contributed by atoms with Crippen LogP contribution in [0.25, 0.3) is 72.7 Å². The minimum Gasteiger partial charge on any atom is -0.288 e. The van der Waals surface area contributed by atoms with Crippen molar-refractivity contribution < 1.29 is 9.59 Å². The quantitative estimate of drug-likeness (QED) is 0.157. The van der Waals surface area contributed by atoms with Crippen molar-refractivity contribution >= 4 is 84.5 Å². The summed E-state index contributed by atoms with van der Waals surface area (Å²) >= 11 is 0. The molecule has 0 fully saturated rings. The number of hydrogen-bond acceptors (Lipinski definition) is 4. The Kier molecular flexibility index (Phi) is 6.27. The molecular weight excluding hydrogens is 619 g/mol. The number of fused-ring (bicyclic) bond motifs is 13. The van der Waals surface area contributed by atoms with Gasteiger partial charge in [0.2, 0.25) is 0 Å². The van der Waals surface area contributed by atoms with Crippen molar-refractivity contribution in [3.8, 4) is 0 Å². The molecular formula is C44H31N3O3. The number of pyridine rings is 1. The Labute approximate surface area is 286 Å². The molecule has 240 valence electrons. The molecule has 2 amide bonds. The van der Waals surface area contributed by atoms with Gasteiger partial charge in [-0.3, -0.25) is 24.1 Å². The molecule has 0 saturated heterocycles. The maximum absolute atomic E-state index is 14.3. The molecule has 0 unspecified atom stereocenters. The van der Waals surface area contributed by atoms with E-state index in [2.05, 4.69) is 55.2 Å². The predicted molar refractivity (Wildman–Crippen MR) is 203 cm³/mol. The molecule has 2 aliphatic carbocycles. The zero-order chi connectivity index (χ0) is 34.6. The maximum Gasteiger partial charge on any atom is 0.264 e. The third kappa shape index (κ3) is 3.90. The first-order valence-electron chi connectivity index (χ1n) is 16.7. The number of nitrogens with one attached hydrogen (secondary N) is 1. The number of imide groups is 1. The number of amides is 2. The third-order valence-corrected chi connectivity index (χ3v) is 10.6. The fourth-order valence-corrected chi connectivity index (χ4v) is 8.21. The highest BCUT2D eigenvalue weighted by molar-refractivity contribution is 6.32. The van der Waals surface area contributed by atoms with E-state index in [0.29, 0.717) is 28.6 Å². The standard InChI is InChI=1S/C44H31N3O3/c1-6-27-22(3)12-15-32-35-21-26(14-17-31(35)41-45-36-10-8-9-11-37(36)47(41)44(32)50)29-16-13-25-20-34(39(27)29)23(4)28(7-2)40-30(25)18-19-33-38(40)24(5)42(48)46-43(33)49/h6-19,21H,4-5,20H2,1-3H3,(H,46,48,49)/b22-12?,27-6-,28-7-,32-15?. The normalized spacial score (nSPS) is 16.6. The maximum atomic E-state index is 14.3. The topological polar surface area (TPSA) is 80.5 Å². The monoisotopic (exact) mass is 649 g/mol. The van der Waals surface area contributed by atoms with Crippen LogP contribution >= 0.6 is 0 Å². The average molecular weight is 650 g/mol. The van der Waals surface area contributed by atoms with Gasteiger partial charge in [-0.25, -0.2) is 4.98 Å². The van der Waals surface area contributed by atoms with Crippen molar-refractivity contribution in [1.82, 2.24) is 14.7 Å². The summed E-state index contributed by atoms with van der Waals surface area (Å²) in [5.74, 6) is -0.917. The lowest BCUT2D eigenvalue weighted by atomic mass is 9.82. The van der Waals surface area contributed by atoms with Crippen LogP contribution in [0.3, 0.4) is 0 Å². The van der Waals surface area contributed by atoms with Gasteiger partial charge in [-0.1, -0.05) is 67.8 Å². The van der Waals surface area contributed by atoms with E-state index in [4.69, 9.17) is 11.6 Å². The number of allylic oxidation sites excluding steroid dienone is 5. The summed E-state index contributed by atoms with van der Waals surface area (Å²) in [5, 5.41) is 8.87. The molecule has 1 aliphatic heterocycles. The molecule has 3 aliphatic rings. The lowest BCUT2D eigenvalue weighted by Gasteiger charge is -2.24. The lowest BCUT2D eigenvalue weighted by Crippen LogP contribution is -2.41. The molecule has 0 saturated carbocycles. The Morgan fingerprint density at radius 1 is 0.800 bits per heavy atom. The number of para-hydroxylation sites is 2. The van der Waals surface area contributed by atoms with Gasteiger partial charge >= 0.3 is 0 Å². The molecule has 6 aromatic rings. The first kappa shape index (κ1) is 29.7. The summed E-state index contributed by atoms with van der Waals surface area (Å²) in [6, 6.07) is 21.8. The van der Waals surface area contributed by atoms with Crippen LogP contribution in [0.2, 0.25) is 0 Å². The van der Waals surface area contributed by atoms with E-state index >= 15 is 0 Å². The third-order valence-electron chi connectivity index (χ3n) is 10.6. The highest BCUT2D eigenvalue weighted by atomic mass is 16.2. The van der Waals surface area contributed by atoms with Crippen molar-refractivity contribution in [1.29, 1.82) is 0 Å². The molecule has 4 aromatic carbocycles. The van der Waals surface area contributed by atoms with Crippen molar-refractivity contribution in [3.05, 3.63) is 151 Å². The summed E-state index contributed by atoms with van der Waals surface area (Å²) < 4.78 is 1.73. The molecule has 0 spiro atoms. The Hall–Kier alpha value is -6.40. The number of carbonyl (C=O) groups is 2. The highest BCUT2D eigenvalue weighted by Crippen LogP contribution is 2.46. The number of carbonyl (C=O) groups excluding carboxylic acids is 2. The first-order chi connectivity index (χ1) is 24.2. The number of aryl methyl sites for hydroxylation is 1. The van der Waals surface area contributed by atoms with Gasteiger partial charge in [-0.2, -0.15) is 0 Å². The van der Waals surface area contributed by atoms with Gasteiger partial charge in [0.1, 0.15) is 5.65 Å². The van der Waals surface area contributed by atoms with Crippen LogP contribution in [-0.4, -0.2) is 21.2 Å². The first-order valence-corrected chi connectivity index (χ1v) is 16.7. The van der Waals surface area contributed by atoms with E-state index < -0.39 is 11.8 Å². The van der Waals surface area contributed by atoms with Crippen LogP contribution in [-0.2, 0) is 4.79 Å². The van der Waals surface area contributed by atoms with E-state index in [0.717, 1.165) is 81.8 Å². The average Bonchev–Trinajstić information content (AvgIpc) is 3.34. The van der Waals surface area contributed by atoms with E-state index in [-0.39, 0.29) is 11.1 Å². The molecule has 0 radical (unpaired) electrons. The SMILES string of the molecule is C=C1C2=c3c(c4ccc5c(c4)c(ccc(C)/c3=C/C)c(=O)n3c4ccccc4nc53)=CC=C(C2)c2ccc3c(c2/C1=C\C)C(=C)C(=O)NC3=O. The molecule has 3 heterocycles. The van der Waals surface area contributed by atoms with Crippen LogP contribution in [0.4, 0.5) is 0 Å². The molecule has 6 heteroatoms. The number of aromatic nitrogens is 2. The molecule has 6 nitrogen and oxygen atoms in total. The molecule has 1 N–H and O–H groups in total. The number of imidazole rings is 1. The number of benzene rings is 3. The van der Waals surface area contributed by atoms with Gasteiger partial charge in [0, 0.05) is 27.5 Å². The summed E-state index contributed by atoms with van der Waals surface area (Å²) in [4.78, 5) is 45.0. The zero-order valence-electron chi connectivity index (χ0n) is 27.9. The van der Waals surface area contributed by atoms with Crippen LogP contribution in [0.15, 0.2) is 102 Å². The number of hydrogen-bond donors (Lipinski definition) is 1. The Bertz CT molecular complexity index is 3050. The van der Waals surface area contributed by atoms with E-state index in [9.17, 15) is 14.4 Å².